The zero-order valence-electron chi connectivity index (χ0n) is 14.7. The SMILES string of the molecule is C[C@@H](c1ccccc1)N(C)C(=O)C(=O)N[C@H](c1ccccc1)C1CC1. The van der Waals surface area contributed by atoms with Gasteiger partial charge in [-0.1, -0.05) is 60.7 Å². The van der Waals surface area contributed by atoms with E-state index in [-0.39, 0.29) is 12.1 Å². The number of carbonyl (C=O) groups is 2. The van der Waals surface area contributed by atoms with E-state index in [0.717, 1.165) is 24.0 Å². The topological polar surface area (TPSA) is 49.4 Å². The van der Waals surface area contributed by atoms with Crippen LogP contribution in [0.3, 0.4) is 0 Å². The predicted octanol–water partition coefficient (Wildman–Crippen LogP) is 3.47. The van der Waals surface area contributed by atoms with E-state index in [2.05, 4.69) is 5.32 Å². The van der Waals surface area contributed by atoms with E-state index in [0.29, 0.717) is 5.92 Å². The van der Waals surface area contributed by atoms with Crippen molar-refractivity contribution in [3.8, 4) is 0 Å². The molecule has 0 spiro atoms. The first-order valence-corrected chi connectivity index (χ1v) is 8.75. The Morgan fingerprint density at radius 2 is 1.48 bits per heavy atom. The van der Waals surface area contributed by atoms with E-state index in [9.17, 15) is 9.59 Å². The Kier molecular flexibility index (Phi) is 5.17. The molecule has 130 valence electrons. The lowest BCUT2D eigenvalue weighted by atomic mass is 10.0. The van der Waals surface area contributed by atoms with Crippen molar-refractivity contribution < 1.29 is 9.59 Å². The molecule has 0 saturated heterocycles. The van der Waals surface area contributed by atoms with Crippen LogP contribution in [0.2, 0.25) is 0 Å². The maximum absolute atomic E-state index is 12.6. The number of rotatable bonds is 5. The fraction of sp³-hybridized carbons (Fsp3) is 0.333. The smallest absolute Gasteiger partial charge is 0.312 e. The van der Waals surface area contributed by atoms with Gasteiger partial charge in [-0.15, -0.1) is 0 Å². The summed E-state index contributed by atoms with van der Waals surface area (Å²) in [6.07, 6.45) is 2.18. The first-order chi connectivity index (χ1) is 12.1. The molecule has 2 aromatic rings. The average Bonchev–Trinajstić information content (AvgIpc) is 3.50. The highest BCUT2D eigenvalue weighted by Crippen LogP contribution is 2.40. The molecule has 0 unspecified atom stereocenters. The Bertz CT molecular complexity index is 726. The van der Waals surface area contributed by atoms with Gasteiger partial charge in [0.1, 0.15) is 0 Å². The molecule has 1 fully saturated rings. The maximum atomic E-state index is 12.6. The third kappa shape index (κ3) is 4.08. The molecule has 0 bridgehead atoms. The number of benzene rings is 2. The fourth-order valence-corrected chi connectivity index (χ4v) is 3.06. The van der Waals surface area contributed by atoms with Gasteiger partial charge in [-0.25, -0.2) is 0 Å². The largest absolute Gasteiger partial charge is 0.341 e. The monoisotopic (exact) mass is 336 g/mol. The van der Waals surface area contributed by atoms with Crippen LogP contribution in [0.4, 0.5) is 0 Å². The lowest BCUT2D eigenvalue weighted by Crippen LogP contribution is -2.43. The minimum atomic E-state index is -0.536. The quantitative estimate of drug-likeness (QED) is 0.850. The number of nitrogens with zero attached hydrogens (tertiary/aromatic N) is 1. The van der Waals surface area contributed by atoms with Gasteiger partial charge in [0.2, 0.25) is 0 Å². The summed E-state index contributed by atoms with van der Waals surface area (Å²) >= 11 is 0. The van der Waals surface area contributed by atoms with Gasteiger partial charge in [-0.3, -0.25) is 9.59 Å². The van der Waals surface area contributed by atoms with Crippen molar-refractivity contribution in [1.29, 1.82) is 0 Å². The summed E-state index contributed by atoms with van der Waals surface area (Å²) in [5.74, 6) is -0.611. The van der Waals surface area contributed by atoms with Crippen LogP contribution in [0, 0.1) is 5.92 Å². The average molecular weight is 336 g/mol. The van der Waals surface area contributed by atoms with Crippen molar-refractivity contribution >= 4 is 11.8 Å². The minimum absolute atomic E-state index is 0.0851. The van der Waals surface area contributed by atoms with E-state index >= 15 is 0 Å². The molecule has 2 amide bonds. The Labute approximate surface area is 148 Å². The first kappa shape index (κ1) is 17.2. The van der Waals surface area contributed by atoms with Crippen LogP contribution < -0.4 is 5.32 Å². The Morgan fingerprint density at radius 3 is 2.00 bits per heavy atom. The molecular formula is C21H24N2O2. The van der Waals surface area contributed by atoms with Gasteiger partial charge >= 0.3 is 11.8 Å². The normalized spacial score (nSPS) is 15.9. The number of amides is 2. The van der Waals surface area contributed by atoms with Crippen molar-refractivity contribution in [3.63, 3.8) is 0 Å². The molecule has 1 saturated carbocycles. The standard InChI is InChI=1S/C21H24N2O2/c1-15(16-9-5-3-6-10-16)23(2)21(25)20(24)22-19(18-13-14-18)17-11-7-4-8-12-17/h3-12,15,18-19H,13-14H2,1-2H3,(H,22,24)/t15-,19+/m0/s1. The molecule has 2 aromatic carbocycles. The van der Waals surface area contributed by atoms with Crippen LogP contribution in [0.15, 0.2) is 60.7 Å². The molecule has 25 heavy (non-hydrogen) atoms. The van der Waals surface area contributed by atoms with E-state index in [1.807, 2.05) is 67.6 Å². The molecule has 0 heterocycles. The molecule has 0 aromatic heterocycles. The fourth-order valence-electron chi connectivity index (χ4n) is 3.06. The Morgan fingerprint density at radius 1 is 0.960 bits per heavy atom. The van der Waals surface area contributed by atoms with Gasteiger partial charge in [-0.05, 0) is 36.8 Å². The number of likely N-dealkylation sites (N-methyl/N-ethyl adjacent to an activating group) is 1. The van der Waals surface area contributed by atoms with E-state index < -0.39 is 11.8 Å². The second-order valence-corrected chi connectivity index (χ2v) is 6.70. The molecular weight excluding hydrogens is 312 g/mol. The molecule has 4 nitrogen and oxygen atoms in total. The van der Waals surface area contributed by atoms with Crippen LogP contribution in [0.1, 0.15) is 43.0 Å². The molecule has 0 radical (unpaired) electrons. The highest BCUT2D eigenvalue weighted by Gasteiger charge is 2.35. The summed E-state index contributed by atoms with van der Waals surface area (Å²) in [6.45, 7) is 1.93. The van der Waals surface area contributed by atoms with Crippen molar-refractivity contribution in [3.05, 3.63) is 71.8 Å². The minimum Gasteiger partial charge on any atom is -0.341 e. The number of hydrogen-bond donors (Lipinski definition) is 1. The Hall–Kier alpha value is -2.62. The van der Waals surface area contributed by atoms with Gasteiger partial charge in [0.05, 0.1) is 12.1 Å². The lowest BCUT2D eigenvalue weighted by Gasteiger charge is -2.26. The Balaban J connectivity index is 1.68. The second-order valence-electron chi connectivity index (χ2n) is 6.70. The number of carbonyl (C=O) groups excluding carboxylic acids is 2. The molecule has 0 aliphatic heterocycles. The van der Waals surface area contributed by atoms with Crippen LogP contribution in [0.5, 0.6) is 0 Å². The van der Waals surface area contributed by atoms with Crippen LogP contribution in [0.25, 0.3) is 0 Å². The van der Waals surface area contributed by atoms with Crippen molar-refractivity contribution in [2.75, 3.05) is 7.05 Å². The summed E-state index contributed by atoms with van der Waals surface area (Å²) < 4.78 is 0. The zero-order valence-corrected chi connectivity index (χ0v) is 14.7. The van der Waals surface area contributed by atoms with Crippen LogP contribution in [-0.4, -0.2) is 23.8 Å². The third-order valence-electron chi connectivity index (χ3n) is 4.92. The number of nitrogens with one attached hydrogen (secondary N) is 1. The number of hydrogen-bond acceptors (Lipinski definition) is 2. The zero-order chi connectivity index (χ0) is 17.8. The van der Waals surface area contributed by atoms with Crippen molar-refractivity contribution in [1.82, 2.24) is 10.2 Å². The summed E-state index contributed by atoms with van der Waals surface area (Å²) in [7, 11) is 1.67. The molecule has 1 aliphatic rings. The summed E-state index contributed by atoms with van der Waals surface area (Å²) in [6, 6.07) is 19.4. The van der Waals surface area contributed by atoms with Crippen LogP contribution >= 0.6 is 0 Å². The van der Waals surface area contributed by atoms with Crippen LogP contribution in [-0.2, 0) is 9.59 Å². The molecule has 4 heteroatoms. The van der Waals surface area contributed by atoms with E-state index in [4.69, 9.17) is 0 Å². The second kappa shape index (κ2) is 7.51. The van der Waals surface area contributed by atoms with Gasteiger partial charge in [0.15, 0.2) is 0 Å². The lowest BCUT2D eigenvalue weighted by molar-refractivity contribution is -0.146. The molecule has 1 aliphatic carbocycles. The summed E-state index contributed by atoms with van der Waals surface area (Å²) in [5, 5.41) is 2.95. The van der Waals surface area contributed by atoms with Gasteiger partial charge in [0.25, 0.3) is 0 Å². The van der Waals surface area contributed by atoms with Crippen molar-refractivity contribution in [2.24, 2.45) is 5.92 Å². The molecule has 2 atom stereocenters. The molecule has 1 N–H and O–H groups in total. The summed E-state index contributed by atoms with van der Waals surface area (Å²) in [5.41, 5.74) is 2.07. The highest BCUT2D eigenvalue weighted by atomic mass is 16.2. The predicted molar refractivity (Wildman–Crippen MR) is 97.7 cm³/mol. The van der Waals surface area contributed by atoms with Gasteiger partial charge < -0.3 is 10.2 Å². The van der Waals surface area contributed by atoms with E-state index in [1.165, 1.54) is 4.90 Å². The molecule has 3 rings (SSSR count). The summed E-state index contributed by atoms with van der Waals surface area (Å²) in [4.78, 5) is 26.6. The maximum Gasteiger partial charge on any atom is 0.312 e. The van der Waals surface area contributed by atoms with Gasteiger partial charge in [-0.2, -0.15) is 0 Å². The highest BCUT2D eigenvalue weighted by molar-refractivity contribution is 6.35. The first-order valence-electron chi connectivity index (χ1n) is 8.75. The third-order valence-corrected chi connectivity index (χ3v) is 4.92. The van der Waals surface area contributed by atoms with E-state index in [1.54, 1.807) is 7.05 Å². The van der Waals surface area contributed by atoms with Gasteiger partial charge in [0, 0.05) is 7.05 Å². The van der Waals surface area contributed by atoms with Crippen molar-refractivity contribution in [2.45, 2.75) is 31.8 Å².